The maximum absolute atomic E-state index is 12.8. The number of nitrogens with one attached hydrogen (secondary N) is 1. The molecule has 1 amide bonds. The second-order valence-corrected chi connectivity index (χ2v) is 6.02. The molecular formula is C19H14F3N3O3. The van der Waals surface area contributed by atoms with Gasteiger partial charge >= 0.3 is 6.18 Å². The first-order valence-electron chi connectivity index (χ1n) is 7.85. The van der Waals surface area contributed by atoms with Crippen LogP contribution in [0.1, 0.15) is 23.6 Å². The number of aliphatic hydroxyl groups is 1. The molecule has 0 aliphatic rings. The molecule has 0 aliphatic heterocycles. The van der Waals surface area contributed by atoms with E-state index >= 15 is 0 Å². The molecule has 0 saturated heterocycles. The quantitative estimate of drug-likeness (QED) is 0.817. The van der Waals surface area contributed by atoms with Crippen LogP contribution in [0.15, 0.2) is 42.5 Å². The van der Waals surface area contributed by atoms with Gasteiger partial charge in [0.15, 0.2) is 5.60 Å². The maximum Gasteiger partial charge on any atom is 0.417 e. The summed E-state index contributed by atoms with van der Waals surface area (Å²) in [6.07, 6.45) is -4.70. The molecule has 1 atom stereocenters. The molecule has 0 heterocycles. The fraction of sp³-hybridized carbons (Fsp3) is 0.211. The molecule has 2 rings (SSSR count). The van der Waals surface area contributed by atoms with Gasteiger partial charge in [-0.3, -0.25) is 4.79 Å². The molecule has 0 saturated carbocycles. The van der Waals surface area contributed by atoms with Crippen LogP contribution in [0, 0.1) is 22.7 Å². The predicted molar refractivity (Wildman–Crippen MR) is 92.1 cm³/mol. The molecule has 0 bridgehead atoms. The van der Waals surface area contributed by atoms with Gasteiger partial charge in [0.05, 0.1) is 28.8 Å². The highest BCUT2D eigenvalue weighted by molar-refractivity contribution is 5.97. The van der Waals surface area contributed by atoms with Gasteiger partial charge in [0.2, 0.25) is 0 Å². The van der Waals surface area contributed by atoms with Crippen molar-refractivity contribution in [1.29, 1.82) is 10.5 Å². The standard InChI is InChI=1S/C19H14F3N3O3/c1-18(27,11-28-15-5-2-12(9-23)3-6-15)17(26)25-14-4-7-16(19(20,21)22)13(8-14)10-24/h2-8,27H,11H2,1H3,(H,25,26)/t18-/m0/s1. The lowest BCUT2D eigenvalue weighted by Gasteiger charge is -2.23. The summed E-state index contributed by atoms with van der Waals surface area (Å²) in [5.41, 5.74) is -3.45. The number of alkyl halides is 3. The molecule has 0 radical (unpaired) electrons. The monoisotopic (exact) mass is 389 g/mol. The lowest BCUT2D eigenvalue weighted by Crippen LogP contribution is -2.45. The van der Waals surface area contributed by atoms with Crippen LogP contribution in [-0.4, -0.2) is 23.2 Å². The Kier molecular flexibility index (Phi) is 5.92. The molecule has 0 fully saturated rings. The summed E-state index contributed by atoms with van der Waals surface area (Å²) in [7, 11) is 0. The van der Waals surface area contributed by atoms with Crippen molar-refractivity contribution in [1.82, 2.24) is 0 Å². The largest absolute Gasteiger partial charge is 0.490 e. The van der Waals surface area contributed by atoms with Crippen LogP contribution in [-0.2, 0) is 11.0 Å². The van der Waals surface area contributed by atoms with Gasteiger partial charge in [0.1, 0.15) is 12.4 Å². The number of rotatable bonds is 5. The van der Waals surface area contributed by atoms with Crippen molar-refractivity contribution in [2.24, 2.45) is 0 Å². The Morgan fingerprint density at radius 2 is 1.79 bits per heavy atom. The van der Waals surface area contributed by atoms with Gasteiger partial charge in [0, 0.05) is 5.69 Å². The van der Waals surface area contributed by atoms with E-state index in [-0.39, 0.29) is 5.69 Å². The van der Waals surface area contributed by atoms with E-state index in [9.17, 15) is 23.1 Å². The highest BCUT2D eigenvalue weighted by Gasteiger charge is 2.35. The average molecular weight is 389 g/mol. The number of carbonyl (C=O) groups excluding carboxylic acids is 1. The fourth-order valence-electron chi connectivity index (χ4n) is 2.14. The zero-order valence-corrected chi connectivity index (χ0v) is 14.5. The number of benzene rings is 2. The van der Waals surface area contributed by atoms with Crippen LogP contribution in [0.4, 0.5) is 18.9 Å². The van der Waals surface area contributed by atoms with Gasteiger partial charge in [-0.05, 0) is 49.4 Å². The summed E-state index contributed by atoms with van der Waals surface area (Å²) in [6, 6.07) is 11.9. The third-order valence-electron chi connectivity index (χ3n) is 3.70. The first-order valence-corrected chi connectivity index (χ1v) is 7.85. The molecule has 2 N–H and O–H groups in total. The van der Waals surface area contributed by atoms with Crippen molar-refractivity contribution >= 4 is 11.6 Å². The SMILES string of the molecule is C[C@](O)(COc1ccc(C#N)cc1)C(=O)Nc1ccc(C(F)(F)F)c(C#N)c1. The smallest absolute Gasteiger partial charge is 0.417 e. The molecular weight excluding hydrogens is 375 g/mol. The first kappa shape index (κ1) is 20.7. The number of halogens is 3. The lowest BCUT2D eigenvalue weighted by atomic mass is 10.1. The van der Waals surface area contributed by atoms with Crippen LogP contribution >= 0.6 is 0 Å². The van der Waals surface area contributed by atoms with E-state index in [4.69, 9.17) is 15.3 Å². The maximum atomic E-state index is 12.8. The highest BCUT2D eigenvalue weighted by Crippen LogP contribution is 2.33. The van der Waals surface area contributed by atoms with Gasteiger partial charge in [-0.1, -0.05) is 0 Å². The minimum absolute atomic E-state index is 0.0757. The average Bonchev–Trinajstić information content (AvgIpc) is 2.65. The number of nitriles is 2. The highest BCUT2D eigenvalue weighted by atomic mass is 19.4. The number of nitrogens with zero attached hydrogens (tertiary/aromatic N) is 2. The van der Waals surface area contributed by atoms with Gasteiger partial charge in [-0.15, -0.1) is 0 Å². The van der Waals surface area contributed by atoms with Crippen LogP contribution in [0.3, 0.4) is 0 Å². The normalized spacial score (nSPS) is 13.0. The summed E-state index contributed by atoms with van der Waals surface area (Å²) < 4.78 is 43.8. The second-order valence-electron chi connectivity index (χ2n) is 6.02. The van der Waals surface area contributed by atoms with Crippen molar-refractivity contribution in [3.05, 3.63) is 59.2 Å². The third-order valence-corrected chi connectivity index (χ3v) is 3.70. The van der Waals surface area contributed by atoms with E-state index in [2.05, 4.69) is 5.32 Å². The Bertz CT molecular complexity index is 956. The van der Waals surface area contributed by atoms with Crippen LogP contribution in [0.2, 0.25) is 0 Å². The van der Waals surface area contributed by atoms with Crippen LogP contribution < -0.4 is 10.1 Å². The van der Waals surface area contributed by atoms with Crippen molar-refractivity contribution in [3.8, 4) is 17.9 Å². The van der Waals surface area contributed by atoms with Crippen LogP contribution in [0.25, 0.3) is 0 Å². The molecule has 0 spiro atoms. The van der Waals surface area contributed by atoms with Crippen LogP contribution in [0.5, 0.6) is 5.75 Å². The molecule has 6 nitrogen and oxygen atoms in total. The van der Waals surface area contributed by atoms with E-state index in [1.807, 2.05) is 6.07 Å². The third kappa shape index (κ3) is 5.00. The summed E-state index contributed by atoms with van der Waals surface area (Å²) in [5, 5.41) is 30.2. The Balaban J connectivity index is 2.08. The number of anilines is 1. The summed E-state index contributed by atoms with van der Waals surface area (Å²) in [5.74, 6) is -0.613. The Morgan fingerprint density at radius 3 is 2.32 bits per heavy atom. The Labute approximate surface area is 158 Å². The lowest BCUT2D eigenvalue weighted by molar-refractivity contribution is -0.137. The predicted octanol–water partition coefficient (Wildman–Crippen LogP) is 3.22. The van der Waals surface area contributed by atoms with Crippen molar-refractivity contribution in [2.45, 2.75) is 18.7 Å². The molecule has 0 aliphatic carbocycles. The summed E-state index contributed by atoms with van der Waals surface area (Å²) in [4.78, 5) is 12.2. The molecule has 0 aromatic heterocycles. The van der Waals surface area contributed by atoms with Gasteiger partial charge in [-0.25, -0.2) is 0 Å². The molecule has 2 aromatic rings. The molecule has 144 valence electrons. The zero-order chi connectivity index (χ0) is 20.9. The minimum atomic E-state index is -4.70. The molecule has 2 aromatic carbocycles. The van der Waals surface area contributed by atoms with Crippen molar-refractivity contribution < 1.29 is 27.8 Å². The van der Waals surface area contributed by atoms with E-state index in [1.165, 1.54) is 37.3 Å². The van der Waals surface area contributed by atoms with Gasteiger partial charge in [0.25, 0.3) is 5.91 Å². The number of hydrogen-bond acceptors (Lipinski definition) is 5. The van der Waals surface area contributed by atoms with Crippen molar-refractivity contribution in [3.63, 3.8) is 0 Å². The Morgan fingerprint density at radius 1 is 1.14 bits per heavy atom. The molecule has 9 heteroatoms. The van der Waals surface area contributed by atoms with E-state index in [0.29, 0.717) is 17.4 Å². The fourth-order valence-corrected chi connectivity index (χ4v) is 2.14. The topological polar surface area (TPSA) is 106 Å². The number of hydrogen-bond donors (Lipinski definition) is 2. The number of amides is 1. The van der Waals surface area contributed by atoms with E-state index in [1.54, 1.807) is 0 Å². The number of ether oxygens (including phenoxy) is 1. The summed E-state index contributed by atoms with van der Waals surface area (Å²) in [6.45, 7) is 0.720. The summed E-state index contributed by atoms with van der Waals surface area (Å²) >= 11 is 0. The van der Waals surface area contributed by atoms with Gasteiger partial charge < -0.3 is 15.2 Å². The van der Waals surface area contributed by atoms with E-state index in [0.717, 1.165) is 12.1 Å². The first-order chi connectivity index (χ1) is 13.1. The Hall–Kier alpha value is -3.56. The second kappa shape index (κ2) is 7.99. The van der Waals surface area contributed by atoms with Crippen molar-refractivity contribution in [2.75, 3.05) is 11.9 Å². The number of carbonyl (C=O) groups is 1. The van der Waals surface area contributed by atoms with E-state index < -0.39 is 35.4 Å². The zero-order valence-electron chi connectivity index (χ0n) is 14.5. The molecule has 0 unspecified atom stereocenters. The minimum Gasteiger partial charge on any atom is -0.490 e. The molecule has 28 heavy (non-hydrogen) atoms. The van der Waals surface area contributed by atoms with Gasteiger partial charge in [-0.2, -0.15) is 23.7 Å².